The van der Waals surface area contributed by atoms with Gasteiger partial charge in [0.2, 0.25) is 0 Å². The summed E-state index contributed by atoms with van der Waals surface area (Å²) in [6.07, 6.45) is -5.50. The molecule has 0 aromatic heterocycles. The van der Waals surface area contributed by atoms with Gasteiger partial charge in [0.1, 0.15) is 17.8 Å². The number of hydrogen-bond acceptors (Lipinski definition) is 8. The lowest BCUT2D eigenvalue weighted by atomic mass is 9.46. The lowest BCUT2D eigenvalue weighted by Gasteiger charge is -2.64. The van der Waals surface area contributed by atoms with Crippen LogP contribution < -0.4 is 0 Å². The standard InChI is InChI=1S/C27H34O8/c1-13-16(28)11-27(33)23(35-24(32)14-8-6-5-7-9-14)20-15-12-34-17(15)10-18(29)26(20,4)22(31)21(30)19(13)25(27,2)3/h5-9,15-18,20-21,23,28-30,33H,10-12H2,1-4H3/t15-,16+,17-,18+,20?,21-,23+,26-,27?/m1/s1. The van der Waals surface area contributed by atoms with Crippen molar-refractivity contribution in [1.29, 1.82) is 0 Å². The van der Waals surface area contributed by atoms with Crippen LogP contribution >= 0.6 is 0 Å². The first-order valence-electron chi connectivity index (χ1n) is 12.2. The summed E-state index contributed by atoms with van der Waals surface area (Å²) in [4.78, 5) is 27.3. The molecule has 8 heteroatoms. The Balaban J connectivity index is 1.74. The molecule has 0 amide bonds. The number of aliphatic hydroxyl groups is 4. The highest BCUT2D eigenvalue weighted by atomic mass is 16.6. The van der Waals surface area contributed by atoms with Gasteiger partial charge in [-0.1, -0.05) is 32.0 Å². The van der Waals surface area contributed by atoms with E-state index in [1.54, 1.807) is 58.0 Å². The van der Waals surface area contributed by atoms with Gasteiger partial charge in [0, 0.05) is 30.1 Å². The van der Waals surface area contributed by atoms with Gasteiger partial charge in [-0.05, 0) is 37.1 Å². The van der Waals surface area contributed by atoms with Crippen LogP contribution in [-0.4, -0.2) is 74.9 Å². The molecule has 1 aromatic rings. The largest absolute Gasteiger partial charge is 0.455 e. The first-order valence-corrected chi connectivity index (χ1v) is 12.2. The predicted molar refractivity (Wildman–Crippen MR) is 124 cm³/mol. The van der Waals surface area contributed by atoms with Crippen LogP contribution in [0.3, 0.4) is 0 Å². The molecule has 1 aromatic carbocycles. The molecule has 35 heavy (non-hydrogen) atoms. The van der Waals surface area contributed by atoms with Crippen molar-refractivity contribution >= 4 is 11.8 Å². The number of carbonyl (C=O) groups is 2. The van der Waals surface area contributed by atoms with Crippen molar-refractivity contribution in [2.24, 2.45) is 22.7 Å². The smallest absolute Gasteiger partial charge is 0.338 e. The zero-order valence-corrected chi connectivity index (χ0v) is 20.5. The second-order valence-corrected chi connectivity index (χ2v) is 11.4. The molecule has 1 heterocycles. The van der Waals surface area contributed by atoms with E-state index in [1.165, 1.54) is 0 Å². The van der Waals surface area contributed by atoms with E-state index in [-0.39, 0.29) is 42.6 Å². The molecule has 3 fully saturated rings. The maximum atomic E-state index is 14.0. The molecule has 3 aliphatic carbocycles. The summed E-state index contributed by atoms with van der Waals surface area (Å²) in [5.74, 6) is -2.38. The van der Waals surface area contributed by atoms with E-state index in [0.717, 1.165) is 0 Å². The molecule has 4 aliphatic rings. The van der Waals surface area contributed by atoms with Crippen molar-refractivity contribution in [3.05, 3.63) is 47.0 Å². The summed E-state index contributed by atoms with van der Waals surface area (Å²) in [6.45, 7) is 6.91. The number of Topliss-reactive ketones (excluding diaryl/α,β-unsaturated/α-hetero) is 1. The van der Waals surface area contributed by atoms with Crippen LogP contribution in [0.25, 0.3) is 0 Å². The van der Waals surface area contributed by atoms with Gasteiger partial charge >= 0.3 is 5.97 Å². The molecule has 190 valence electrons. The van der Waals surface area contributed by atoms with E-state index < -0.39 is 58.5 Å². The molecule has 2 saturated carbocycles. The van der Waals surface area contributed by atoms with Crippen LogP contribution in [0.15, 0.2) is 41.5 Å². The average Bonchev–Trinajstić information content (AvgIpc) is 2.80. The number of benzene rings is 1. The van der Waals surface area contributed by atoms with Crippen LogP contribution in [0, 0.1) is 22.7 Å². The van der Waals surface area contributed by atoms with Crippen molar-refractivity contribution in [3.63, 3.8) is 0 Å². The van der Waals surface area contributed by atoms with Crippen molar-refractivity contribution in [2.45, 2.75) is 76.7 Å². The molecular formula is C27H34O8. The van der Waals surface area contributed by atoms with E-state index in [1.807, 2.05) is 0 Å². The van der Waals surface area contributed by atoms with Crippen molar-refractivity contribution in [3.8, 4) is 0 Å². The lowest BCUT2D eigenvalue weighted by Crippen LogP contribution is -2.74. The van der Waals surface area contributed by atoms with E-state index in [0.29, 0.717) is 5.57 Å². The van der Waals surface area contributed by atoms with Gasteiger partial charge in [-0.15, -0.1) is 0 Å². The summed E-state index contributed by atoms with van der Waals surface area (Å²) in [7, 11) is 0. The van der Waals surface area contributed by atoms with E-state index >= 15 is 0 Å². The van der Waals surface area contributed by atoms with Gasteiger partial charge in [-0.3, -0.25) is 4.79 Å². The third kappa shape index (κ3) is 3.17. The molecule has 2 bridgehead atoms. The fourth-order valence-electron chi connectivity index (χ4n) is 7.21. The van der Waals surface area contributed by atoms with Crippen LogP contribution in [0.1, 0.15) is 50.9 Å². The highest BCUT2D eigenvalue weighted by Crippen LogP contribution is 2.61. The fraction of sp³-hybridized carbons (Fsp3) is 0.630. The second kappa shape index (κ2) is 7.95. The Morgan fingerprint density at radius 3 is 2.37 bits per heavy atom. The van der Waals surface area contributed by atoms with Crippen LogP contribution in [0.2, 0.25) is 0 Å². The summed E-state index contributed by atoms with van der Waals surface area (Å²) >= 11 is 0. The number of ether oxygens (including phenoxy) is 2. The predicted octanol–water partition coefficient (Wildman–Crippen LogP) is 1.40. The Hall–Kier alpha value is -2.10. The molecule has 4 N–H and O–H groups in total. The highest BCUT2D eigenvalue weighted by molar-refractivity contribution is 5.93. The van der Waals surface area contributed by atoms with Crippen LogP contribution in [-0.2, 0) is 14.3 Å². The summed E-state index contributed by atoms with van der Waals surface area (Å²) < 4.78 is 11.8. The zero-order valence-electron chi connectivity index (χ0n) is 20.5. The number of fused-ring (bicyclic) bond motifs is 5. The van der Waals surface area contributed by atoms with Crippen LogP contribution in [0.5, 0.6) is 0 Å². The highest BCUT2D eigenvalue weighted by Gasteiger charge is 2.71. The Morgan fingerprint density at radius 2 is 1.77 bits per heavy atom. The quantitative estimate of drug-likeness (QED) is 0.364. The minimum Gasteiger partial charge on any atom is -0.455 e. The molecule has 5 rings (SSSR count). The zero-order chi connectivity index (χ0) is 25.5. The molecule has 2 unspecified atom stereocenters. The SMILES string of the molecule is CC1=C2[C@@H](O)C(=O)[C@@]3(C)C([C@@H]4CO[C@@H]4C[C@@H]3O)[C@H](OC(=O)c3ccccc3)C(O)(C[C@@H]1O)C2(C)C. The Bertz CT molecular complexity index is 1080. The van der Waals surface area contributed by atoms with Gasteiger partial charge in [-0.25, -0.2) is 4.79 Å². The molecule has 1 aliphatic heterocycles. The van der Waals surface area contributed by atoms with Gasteiger partial charge in [0.25, 0.3) is 0 Å². The number of esters is 1. The molecule has 9 atom stereocenters. The Labute approximate surface area is 204 Å². The fourth-order valence-corrected chi connectivity index (χ4v) is 7.21. The molecule has 0 spiro atoms. The second-order valence-electron chi connectivity index (χ2n) is 11.4. The normalized spacial score (nSPS) is 44.3. The third-order valence-electron chi connectivity index (χ3n) is 9.56. The lowest BCUT2D eigenvalue weighted by molar-refractivity contribution is -0.276. The maximum Gasteiger partial charge on any atom is 0.338 e. The first kappa shape index (κ1) is 24.6. The van der Waals surface area contributed by atoms with Gasteiger partial charge in [0.05, 0.1) is 35.9 Å². The van der Waals surface area contributed by atoms with Gasteiger partial charge < -0.3 is 29.9 Å². The Morgan fingerprint density at radius 1 is 1.11 bits per heavy atom. The molecule has 0 radical (unpaired) electrons. The monoisotopic (exact) mass is 486 g/mol. The minimum absolute atomic E-state index is 0.149. The number of rotatable bonds is 2. The molecular weight excluding hydrogens is 452 g/mol. The van der Waals surface area contributed by atoms with E-state index in [2.05, 4.69) is 0 Å². The van der Waals surface area contributed by atoms with Crippen molar-refractivity contribution in [1.82, 2.24) is 0 Å². The van der Waals surface area contributed by atoms with Crippen LogP contribution in [0.4, 0.5) is 0 Å². The van der Waals surface area contributed by atoms with Gasteiger partial charge in [-0.2, -0.15) is 0 Å². The third-order valence-corrected chi connectivity index (χ3v) is 9.56. The minimum atomic E-state index is -1.84. The maximum absolute atomic E-state index is 14.0. The van der Waals surface area contributed by atoms with E-state index in [4.69, 9.17) is 9.47 Å². The topological polar surface area (TPSA) is 134 Å². The number of aliphatic hydroxyl groups excluding tert-OH is 3. The van der Waals surface area contributed by atoms with Crippen molar-refractivity contribution < 1.29 is 39.5 Å². The molecule has 1 saturated heterocycles. The summed E-state index contributed by atoms with van der Waals surface area (Å²) in [6, 6.07) is 8.37. The summed E-state index contributed by atoms with van der Waals surface area (Å²) in [5.41, 5.74) is -3.67. The average molecular weight is 487 g/mol. The Kier molecular flexibility index (Phi) is 5.58. The number of hydrogen-bond donors (Lipinski definition) is 4. The van der Waals surface area contributed by atoms with E-state index in [9.17, 15) is 30.0 Å². The van der Waals surface area contributed by atoms with Crippen molar-refractivity contribution in [2.75, 3.05) is 6.61 Å². The number of carbonyl (C=O) groups excluding carboxylic acids is 2. The number of ketones is 1. The molecule has 8 nitrogen and oxygen atoms in total. The van der Waals surface area contributed by atoms with Gasteiger partial charge in [0.15, 0.2) is 5.78 Å². The summed E-state index contributed by atoms with van der Waals surface area (Å²) in [5, 5.41) is 46.0. The first-order chi connectivity index (χ1) is 16.4.